The molecule has 5 atom stereocenters. The highest BCUT2D eigenvalue weighted by molar-refractivity contribution is 5.81. The predicted octanol–water partition coefficient (Wildman–Crippen LogP) is -1.51. The number of terminal acetylenes is 1. The Kier molecular flexibility index (Phi) is 7.64. The van der Waals surface area contributed by atoms with Crippen molar-refractivity contribution in [2.45, 2.75) is 62.8 Å². The van der Waals surface area contributed by atoms with Crippen molar-refractivity contribution < 1.29 is 30.0 Å². The fraction of sp³-hybridized carbons (Fsp3) is 0.786. The molecule has 1 saturated heterocycles. The van der Waals surface area contributed by atoms with Gasteiger partial charge in [0.1, 0.15) is 18.3 Å². The van der Waals surface area contributed by atoms with Crippen LogP contribution in [-0.4, -0.2) is 63.6 Å². The van der Waals surface area contributed by atoms with E-state index >= 15 is 0 Å². The number of ether oxygens (including phenoxy) is 1. The fourth-order valence-corrected chi connectivity index (χ4v) is 2.10. The third-order valence-electron chi connectivity index (χ3n) is 3.39. The van der Waals surface area contributed by atoms with Crippen molar-refractivity contribution >= 4 is 5.91 Å². The summed E-state index contributed by atoms with van der Waals surface area (Å²) in [5, 5.41) is 40.4. The van der Waals surface area contributed by atoms with E-state index in [0.29, 0.717) is 6.54 Å². The van der Waals surface area contributed by atoms with Gasteiger partial charge in [0.15, 0.2) is 12.4 Å². The van der Waals surface area contributed by atoms with Gasteiger partial charge in [0, 0.05) is 13.0 Å². The van der Waals surface area contributed by atoms with Crippen LogP contribution in [0.4, 0.5) is 0 Å². The zero-order chi connectivity index (χ0) is 15.8. The molecule has 5 N–H and O–H groups in total. The molecule has 1 aliphatic rings. The first-order valence-electron chi connectivity index (χ1n) is 7.08. The van der Waals surface area contributed by atoms with Gasteiger partial charge >= 0.3 is 0 Å². The zero-order valence-corrected chi connectivity index (χ0v) is 11.8. The first kappa shape index (κ1) is 17.9. The van der Waals surface area contributed by atoms with E-state index in [1.54, 1.807) is 0 Å². The van der Waals surface area contributed by atoms with Crippen molar-refractivity contribution in [2.24, 2.45) is 0 Å². The van der Waals surface area contributed by atoms with E-state index in [9.17, 15) is 25.2 Å². The van der Waals surface area contributed by atoms with E-state index in [1.807, 2.05) is 0 Å². The number of aliphatic hydroxyl groups excluding tert-OH is 4. The first-order chi connectivity index (χ1) is 9.99. The molecule has 0 spiro atoms. The largest absolute Gasteiger partial charge is 0.387 e. The molecule has 0 bridgehead atoms. The highest BCUT2D eigenvalue weighted by atomic mass is 16.6. The molecule has 120 valence electrons. The van der Waals surface area contributed by atoms with Gasteiger partial charge in [-0.15, -0.1) is 12.3 Å². The maximum atomic E-state index is 11.8. The summed E-state index contributed by atoms with van der Waals surface area (Å²) >= 11 is 0. The molecule has 1 fully saturated rings. The van der Waals surface area contributed by atoms with Crippen LogP contribution in [0, 0.1) is 12.3 Å². The van der Waals surface area contributed by atoms with Gasteiger partial charge in [0.25, 0.3) is 5.91 Å². The predicted molar refractivity (Wildman–Crippen MR) is 73.8 cm³/mol. The van der Waals surface area contributed by atoms with Crippen LogP contribution in [0.5, 0.6) is 0 Å². The number of carbonyl (C=O) groups excluding carboxylic acids is 1. The molecule has 2 unspecified atom stereocenters. The summed E-state index contributed by atoms with van der Waals surface area (Å²) in [4.78, 5) is 11.8. The molecule has 0 aromatic heterocycles. The topological polar surface area (TPSA) is 119 Å². The van der Waals surface area contributed by atoms with E-state index in [1.165, 1.54) is 0 Å². The van der Waals surface area contributed by atoms with Crippen molar-refractivity contribution in [3.05, 3.63) is 0 Å². The zero-order valence-electron chi connectivity index (χ0n) is 11.8. The SMILES string of the molecule is C#CCCCCCCNC(=O)C1OC(O)[C@H](O)[C@@H](O)[C@@H]1O. The highest BCUT2D eigenvalue weighted by Gasteiger charge is 2.45. The standard InChI is InChI=1S/C14H23NO6/c1-2-3-4-5-6-7-8-15-13(19)12-10(17)9(16)11(18)14(20)21-12/h1,9-12,14,16-18,20H,3-8H2,(H,15,19)/t9-,10-,11+,12?,14?/m0/s1. The summed E-state index contributed by atoms with van der Waals surface area (Å²) in [5.74, 6) is 1.93. The van der Waals surface area contributed by atoms with Crippen LogP contribution in [0.2, 0.25) is 0 Å². The van der Waals surface area contributed by atoms with Gasteiger partial charge in [-0.1, -0.05) is 12.8 Å². The lowest BCUT2D eigenvalue weighted by Crippen LogP contribution is -2.61. The average molecular weight is 301 g/mol. The Morgan fingerprint density at radius 1 is 1.05 bits per heavy atom. The number of carbonyl (C=O) groups is 1. The second-order valence-electron chi connectivity index (χ2n) is 5.08. The molecule has 0 radical (unpaired) electrons. The number of hydrogen-bond donors (Lipinski definition) is 5. The van der Waals surface area contributed by atoms with Gasteiger partial charge in [-0.2, -0.15) is 0 Å². The molecule has 0 aliphatic carbocycles. The van der Waals surface area contributed by atoms with Gasteiger partial charge in [0.2, 0.25) is 0 Å². The number of hydrogen-bond acceptors (Lipinski definition) is 6. The number of nitrogens with one attached hydrogen (secondary N) is 1. The van der Waals surface area contributed by atoms with Crippen LogP contribution < -0.4 is 5.32 Å². The van der Waals surface area contributed by atoms with Gasteiger partial charge in [-0.05, 0) is 12.8 Å². The molecule has 1 heterocycles. The fourth-order valence-electron chi connectivity index (χ4n) is 2.10. The smallest absolute Gasteiger partial charge is 0.252 e. The Hall–Kier alpha value is -1.17. The Labute approximate surface area is 123 Å². The monoisotopic (exact) mass is 301 g/mol. The molecule has 7 heteroatoms. The molecule has 7 nitrogen and oxygen atoms in total. The number of unbranched alkanes of at least 4 members (excludes halogenated alkanes) is 4. The first-order valence-corrected chi connectivity index (χ1v) is 7.08. The van der Waals surface area contributed by atoms with Gasteiger partial charge in [-0.3, -0.25) is 4.79 Å². The summed E-state index contributed by atoms with van der Waals surface area (Å²) in [6.45, 7) is 0.399. The Bertz CT molecular complexity index is 369. The molecule has 1 amide bonds. The minimum atomic E-state index is -1.71. The summed E-state index contributed by atoms with van der Waals surface area (Å²) in [5.41, 5.74) is 0. The van der Waals surface area contributed by atoms with Crippen molar-refractivity contribution in [1.82, 2.24) is 5.32 Å². The van der Waals surface area contributed by atoms with Crippen LogP contribution in [-0.2, 0) is 9.53 Å². The Morgan fingerprint density at radius 3 is 2.38 bits per heavy atom. The van der Waals surface area contributed by atoms with E-state index < -0.39 is 36.6 Å². The number of amides is 1. The lowest BCUT2D eigenvalue weighted by molar-refractivity contribution is -0.275. The van der Waals surface area contributed by atoms with Gasteiger partial charge < -0.3 is 30.5 Å². The van der Waals surface area contributed by atoms with Crippen molar-refractivity contribution in [1.29, 1.82) is 0 Å². The molecular weight excluding hydrogens is 278 g/mol. The van der Waals surface area contributed by atoms with Crippen LogP contribution in [0.3, 0.4) is 0 Å². The van der Waals surface area contributed by atoms with E-state index in [2.05, 4.69) is 11.2 Å². The third kappa shape index (κ3) is 5.26. The van der Waals surface area contributed by atoms with Crippen molar-refractivity contribution in [2.75, 3.05) is 6.54 Å². The van der Waals surface area contributed by atoms with Crippen molar-refractivity contribution in [3.63, 3.8) is 0 Å². The quantitative estimate of drug-likeness (QED) is 0.288. The Balaban J connectivity index is 2.27. The van der Waals surface area contributed by atoms with E-state index in [0.717, 1.165) is 32.1 Å². The van der Waals surface area contributed by atoms with E-state index in [-0.39, 0.29) is 0 Å². The van der Waals surface area contributed by atoms with Crippen LogP contribution in [0.25, 0.3) is 0 Å². The highest BCUT2D eigenvalue weighted by Crippen LogP contribution is 2.19. The van der Waals surface area contributed by atoms with Gasteiger partial charge in [0.05, 0.1) is 0 Å². The average Bonchev–Trinajstić information content (AvgIpc) is 2.47. The summed E-state index contributed by atoms with van der Waals surface area (Å²) in [7, 11) is 0. The maximum absolute atomic E-state index is 11.8. The van der Waals surface area contributed by atoms with Gasteiger partial charge in [-0.25, -0.2) is 0 Å². The molecule has 21 heavy (non-hydrogen) atoms. The second kappa shape index (κ2) is 8.97. The lowest BCUT2D eigenvalue weighted by atomic mass is 9.98. The van der Waals surface area contributed by atoms with Crippen LogP contribution in [0.15, 0.2) is 0 Å². The second-order valence-corrected chi connectivity index (χ2v) is 5.08. The summed E-state index contributed by atoms with van der Waals surface area (Å²) < 4.78 is 4.81. The molecule has 0 aromatic rings. The molecule has 1 aliphatic heterocycles. The molecule has 1 rings (SSSR count). The number of aliphatic hydroxyl groups is 4. The minimum absolute atomic E-state index is 0.399. The lowest BCUT2D eigenvalue weighted by Gasteiger charge is -2.37. The van der Waals surface area contributed by atoms with Crippen molar-refractivity contribution in [3.8, 4) is 12.3 Å². The van der Waals surface area contributed by atoms with Crippen LogP contribution in [0.1, 0.15) is 32.1 Å². The molecular formula is C14H23NO6. The minimum Gasteiger partial charge on any atom is -0.387 e. The third-order valence-corrected chi connectivity index (χ3v) is 3.39. The van der Waals surface area contributed by atoms with Crippen LogP contribution >= 0.6 is 0 Å². The Morgan fingerprint density at radius 2 is 1.71 bits per heavy atom. The molecule has 0 aromatic carbocycles. The number of rotatable bonds is 7. The maximum Gasteiger partial charge on any atom is 0.252 e. The normalized spacial score (nSPS) is 32.4. The van der Waals surface area contributed by atoms with E-state index in [4.69, 9.17) is 11.2 Å². The summed E-state index contributed by atoms with van der Waals surface area (Å²) in [6.07, 6.45) is 1.52. The summed E-state index contributed by atoms with van der Waals surface area (Å²) in [6, 6.07) is 0. The molecule has 0 saturated carbocycles.